The quantitative estimate of drug-likeness (QED) is 0.780. The van der Waals surface area contributed by atoms with E-state index >= 15 is 0 Å². The van der Waals surface area contributed by atoms with Crippen molar-refractivity contribution in [2.24, 2.45) is 5.92 Å². The zero-order valence-electron chi connectivity index (χ0n) is 14.3. The molecule has 2 rings (SSSR count). The number of hydrogen-bond donors (Lipinski definition) is 0. The zero-order valence-corrected chi connectivity index (χ0v) is 14.3. The van der Waals surface area contributed by atoms with Crippen LogP contribution in [-0.4, -0.2) is 46.3 Å². The van der Waals surface area contributed by atoms with Crippen LogP contribution in [0.25, 0.3) is 0 Å². The monoisotopic (exact) mass is 321 g/mol. The van der Waals surface area contributed by atoms with Crippen molar-refractivity contribution < 1.29 is 14.3 Å². The molecule has 0 unspecified atom stereocenters. The molecule has 0 aromatic carbocycles. The Morgan fingerprint density at radius 2 is 2.22 bits per heavy atom. The Bertz CT molecular complexity index is 488. The number of likely N-dealkylation sites (tertiary alicyclic amines) is 1. The van der Waals surface area contributed by atoms with E-state index in [2.05, 4.69) is 9.97 Å². The maximum Gasteiger partial charge on any atom is 0.410 e. The first-order valence-electron chi connectivity index (χ1n) is 8.24. The SMILES string of the molecule is CC(C)(C)OC(=O)N1CCC[C@H](CCOCc2cnccn2)C1. The van der Waals surface area contributed by atoms with Crippen LogP contribution in [0.5, 0.6) is 0 Å². The van der Waals surface area contributed by atoms with Gasteiger partial charge in [0.2, 0.25) is 0 Å². The zero-order chi connectivity index (χ0) is 16.7. The Labute approximate surface area is 138 Å². The number of nitrogens with zero attached hydrogens (tertiary/aromatic N) is 3. The maximum atomic E-state index is 12.1. The Kier molecular flexibility index (Phi) is 6.33. The lowest BCUT2D eigenvalue weighted by atomic mass is 9.95. The van der Waals surface area contributed by atoms with Crippen molar-refractivity contribution in [1.82, 2.24) is 14.9 Å². The van der Waals surface area contributed by atoms with Gasteiger partial charge in [-0.25, -0.2) is 4.79 Å². The standard InChI is InChI=1S/C17H27N3O3/c1-17(2,3)23-16(21)20-9-4-5-14(12-20)6-10-22-13-15-11-18-7-8-19-15/h7-8,11,14H,4-6,9-10,12-13H2,1-3H3/t14-/m1/s1. The third-order valence-corrected chi connectivity index (χ3v) is 3.71. The van der Waals surface area contributed by atoms with Gasteiger partial charge in [0, 0.05) is 32.1 Å². The van der Waals surface area contributed by atoms with Gasteiger partial charge in [-0.2, -0.15) is 0 Å². The van der Waals surface area contributed by atoms with Crippen LogP contribution in [0.1, 0.15) is 45.7 Å². The van der Waals surface area contributed by atoms with Gasteiger partial charge in [-0.1, -0.05) is 0 Å². The summed E-state index contributed by atoms with van der Waals surface area (Å²) in [7, 11) is 0. The molecule has 1 amide bonds. The Hall–Kier alpha value is -1.69. The molecule has 2 heterocycles. The van der Waals surface area contributed by atoms with Crippen molar-refractivity contribution in [3.05, 3.63) is 24.3 Å². The molecule has 0 bridgehead atoms. The molecule has 0 saturated carbocycles. The molecule has 1 aromatic heterocycles. The highest BCUT2D eigenvalue weighted by molar-refractivity contribution is 5.68. The van der Waals surface area contributed by atoms with Gasteiger partial charge in [-0.05, 0) is 46.0 Å². The fourth-order valence-electron chi connectivity index (χ4n) is 2.62. The summed E-state index contributed by atoms with van der Waals surface area (Å²) in [5, 5.41) is 0. The third kappa shape index (κ3) is 6.52. The van der Waals surface area contributed by atoms with Gasteiger partial charge < -0.3 is 14.4 Å². The van der Waals surface area contributed by atoms with E-state index in [-0.39, 0.29) is 6.09 Å². The van der Waals surface area contributed by atoms with Crippen LogP contribution < -0.4 is 0 Å². The van der Waals surface area contributed by atoms with Crippen LogP contribution in [-0.2, 0) is 16.1 Å². The maximum absolute atomic E-state index is 12.1. The van der Waals surface area contributed by atoms with Crippen molar-refractivity contribution in [2.45, 2.75) is 52.2 Å². The second-order valence-electron chi connectivity index (χ2n) is 6.97. The first kappa shape index (κ1) is 17.7. The normalized spacial score (nSPS) is 18.7. The van der Waals surface area contributed by atoms with Crippen LogP contribution >= 0.6 is 0 Å². The van der Waals surface area contributed by atoms with E-state index in [1.165, 1.54) is 0 Å². The van der Waals surface area contributed by atoms with Crippen molar-refractivity contribution in [1.29, 1.82) is 0 Å². The largest absolute Gasteiger partial charge is 0.444 e. The van der Waals surface area contributed by atoms with Gasteiger partial charge in [0.05, 0.1) is 18.5 Å². The van der Waals surface area contributed by atoms with Crippen LogP contribution in [0.4, 0.5) is 4.79 Å². The number of ether oxygens (including phenoxy) is 2. The summed E-state index contributed by atoms with van der Waals surface area (Å²) in [6.07, 6.45) is 7.92. The Morgan fingerprint density at radius 1 is 1.39 bits per heavy atom. The molecular formula is C17H27N3O3. The minimum absolute atomic E-state index is 0.206. The predicted molar refractivity (Wildman–Crippen MR) is 86.8 cm³/mol. The summed E-state index contributed by atoms with van der Waals surface area (Å²) in [4.78, 5) is 22.1. The van der Waals surface area contributed by atoms with Crippen LogP contribution in [0, 0.1) is 5.92 Å². The van der Waals surface area contributed by atoms with Crippen molar-refractivity contribution in [3.63, 3.8) is 0 Å². The Morgan fingerprint density at radius 3 is 2.91 bits per heavy atom. The van der Waals surface area contributed by atoms with E-state index in [4.69, 9.17) is 9.47 Å². The number of piperidine rings is 1. The highest BCUT2D eigenvalue weighted by Gasteiger charge is 2.27. The van der Waals surface area contributed by atoms with E-state index in [0.717, 1.165) is 38.0 Å². The number of carbonyl (C=O) groups excluding carboxylic acids is 1. The molecule has 0 radical (unpaired) electrons. The number of carbonyl (C=O) groups is 1. The molecule has 1 aliphatic heterocycles. The highest BCUT2D eigenvalue weighted by atomic mass is 16.6. The average Bonchev–Trinajstić information content (AvgIpc) is 2.51. The molecule has 6 heteroatoms. The molecule has 1 aromatic rings. The second-order valence-corrected chi connectivity index (χ2v) is 6.97. The van der Waals surface area contributed by atoms with Gasteiger partial charge in [-0.3, -0.25) is 9.97 Å². The topological polar surface area (TPSA) is 64.5 Å². The van der Waals surface area contributed by atoms with Gasteiger partial charge in [0.1, 0.15) is 5.60 Å². The third-order valence-electron chi connectivity index (χ3n) is 3.71. The van der Waals surface area contributed by atoms with E-state index in [1.54, 1.807) is 18.6 Å². The molecule has 23 heavy (non-hydrogen) atoms. The first-order valence-corrected chi connectivity index (χ1v) is 8.24. The predicted octanol–water partition coefficient (Wildman–Crippen LogP) is 3.03. The van der Waals surface area contributed by atoms with Crippen molar-refractivity contribution >= 4 is 6.09 Å². The summed E-state index contributed by atoms with van der Waals surface area (Å²) >= 11 is 0. The summed E-state index contributed by atoms with van der Waals surface area (Å²) in [5.41, 5.74) is 0.399. The number of aromatic nitrogens is 2. The van der Waals surface area contributed by atoms with Crippen LogP contribution in [0.3, 0.4) is 0 Å². The summed E-state index contributed by atoms with van der Waals surface area (Å²) < 4.78 is 11.1. The van der Waals surface area contributed by atoms with Crippen LogP contribution in [0.15, 0.2) is 18.6 Å². The molecule has 1 aliphatic rings. The van der Waals surface area contributed by atoms with E-state index in [9.17, 15) is 4.79 Å². The van der Waals surface area contributed by atoms with Gasteiger partial charge >= 0.3 is 6.09 Å². The lowest BCUT2D eigenvalue weighted by Gasteiger charge is -2.34. The lowest BCUT2D eigenvalue weighted by molar-refractivity contribution is 0.0135. The molecule has 6 nitrogen and oxygen atoms in total. The highest BCUT2D eigenvalue weighted by Crippen LogP contribution is 2.21. The Balaban J connectivity index is 1.68. The van der Waals surface area contributed by atoms with Gasteiger partial charge in [0.25, 0.3) is 0 Å². The van der Waals surface area contributed by atoms with E-state index in [0.29, 0.717) is 19.1 Å². The van der Waals surface area contributed by atoms with Gasteiger partial charge in [0.15, 0.2) is 0 Å². The summed E-state index contributed by atoms with van der Waals surface area (Å²) in [5.74, 6) is 0.470. The molecule has 0 N–H and O–H groups in total. The van der Waals surface area contributed by atoms with Crippen LogP contribution in [0.2, 0.25) is 0 Å². The molecular weight excluding hydrogens is 294 g/mol. The molecule has 1 fully saturated rings. The molecule has 128 valence electrons. The second kappa shape index (κ2) is 8.24. The lowest BCUT2D eigenvalue weighted by Crippen LogP contribution is -2.43. The molecule has 0 aliphatic carbocycles. The molecule has 0 spiro atoms. The number of rotatable bonds is 5. The molecule has 1 atom stereocenters. The smallest absolute Gasteiger partial charge is 0.410 e. The number of hydrogen-bond acceptors (Lipinski definition) is 5. The van der Waals surface area contributed by atoms with E-state index in [1.807, 2.05) is 25.7 Å². The summed E-state index contributed by atoms with van der Waals surface area (Å²) in [6, 6.07) is 0. The van der Waals surface area contributed by atoms with E-state index < -0.39 is 5.60 Å². The van der Waals surface area contributed by atoms with Gasteiger partial charge in [-0.15, -0.1) is 0 Å². The minimum Gasteiger partial charge on any atom is -0.444 e. The fourth-order valence-corrected chi connectivity index (χ4v) is 2.62. The first-order chi connectivity index (χ1) is 10.9. The van der Waals surface area contributed by atoms with Crippen molar-refractivity contribution in [2.75, 3.05) is 19.7 Å². The average molecular weight is 321 g/mol. The van der Waals surface area contributed by atoms with Crippen molar-refractivity contribution in [3.8, 4) is 0 Å². The summed E-state index contributed by atoms with van der Waals surface area (Å²) in [6.45, 7) is 8.38. The number of amides is 1. The fraction of sp³-hybridized carbons (Fsp3) is 0.706. The molecule has 1 saturated heterocycles. The minimum atomic E-state index is -0.441.